The molecule has 1 aliphatic rings. The summed E-state index contributed by atoms with van der Waals surface area (Å²) in [6.07, 6.45) is 0.787. The largest absolute Gasteiger partial charge is 0.497 e. The van der Waals surface area contributed by atoms with Crippen LogP contribution in [0.15, 0.2) is 36.4 Å². The first kappa shape index (κ1) is 24.7. The molecule has 4 rings (SSSR count). The maximum Gasteiger partial charge on any atom is 0.270 e. The highest BCUT2D eigenvalue weighted by molar-refractivity contribution is 7.88. The first-order valence-electron chi connectivity index (χ1n) is 11.0. The maximum absolute atomic E-state index is 12.8. The van der Waals surface area contributed by atoms with Gasteiger partial charge in [0.25, 0.3) is 5.91 Å². The van der Waals surface area contributed by atoms with E-state index in [0.717, 1.165) is 5.56 Å². The van der Waals surface area contributed by atoms with Gasteiger partial charge in [0.15, 0.2) is 0 Å². The summed E-state index contributed by atoms with van der Waals surface area (Å²) in [6.45, 7) is 3.20. The van der Waals surface area contributed by atoms with Crippen LogP contribution in [-0.4, -0.2) is 83.0 Å². The van der Waals surface area contributed by atoms with E-state index in [0.29, 0.717) is 42.5 Å². The van der Waals surface area contributed by atoms with E-state index in [4.69, 9.17) is 9.47 Å². The molecule has 3 heterocycles. The van der Waals surface area contributed by atoms with Crippen LogP contribution in [0.2, 0.25) is 0 Å². The molecule has 0 spiro atoms. The topological polar surface area (TPSA) is 141 Å². The summed E-state index contributed by atoms with van der Waals surface area (Å²) in [6, 6.07) is 10.8. The van der Waals surface area contributed by atoms with E-state index in [1.54, 1.807) is 26.2 Å². The van der Waals surface area contributed by atoms with Gasteiger partial charge in [0.05, 0.1) is 32.6 Å². The van der Waals surface area contributed by atoms with Gasteiger partial charge in [-0.05, 0) is 42.0 Å². The number of tetrazole rings is 1. The average molecular weight is 502 g/mol. The highest BCUT2D eigenvalue weighted by atomic mass is 32.2. The third kappa shape index (κ3) is 6.38. The van der Waals surface area contributed by atoms with E-state index in [-0.39, 0.29) is 24.7 Å². The molecule has 1 amide bonds. The van der Waals surface area contributed by atoms with Crippen LogP contribution >= 0.6 is 0 Å². The summed E-state index contributed by atoms with van der Waals surface area (Å²) in [5, 5.41) is 15.4. The van der Waals surface area contributed by atoms with E-state index in [2.05, 4.69) is 25.7 Å². The molecule has 186 valence electrons. The third-order valence-electron chi connectivity index (χ3n) is 5.42. The van der Waals surface area contributed by atoms with Crippen LogP contribution in [0.4, 0.5) is 0 Å². The Bertz CT molecular complexity index is 1310. The molecule has 35 heavy (non-hydrogen) atoms. The number of methoxy groups -OCH3 is 1. The number of pyridine rings is 1. The Labute approximate surface area is 203 Å². The second-order valence-electron chi connectivity index (χ2n) is 8.20. The Morgan fingerprint density at radius 2 is 2.11 bits per heavy atom. The number of sulfonamides is 1. The van der Waals surface area contributed by atoms with Crippen molar-refractivity contribution in [1.82, 2.24) is 34.8 Å². The van der Waals surface area contributed by atoms with E-state index in [1.807, 2.05) is 24.3 Å². The molecule has 0 bridgehead atoms. The third-order valence-corrected chi connectivity index (χ3v) is 6.69. The fourth-order valence-electron chi connectivity index (χ4n) is 3.69. The molecule has 13 heteroatoms. The van der Waals surface area contributed by atoms with Crippen molar-refractivity contribution in [2.75, 3.05) is 33.1 Å². The molecule has 0 saturated carbocycles. The number of hydrogen-bond acceptors (Lipinski definition) is 9. The number of amides is 1. The molecule has 1 fully saturated rings. The molecule has 1 aliphatic heterocycles. The van der Waals surface area contributed by atoms with Crippen LogP contribution in [-0.2, 0) is 27.8 Å². The standard InChI is InChI=1S/C22H27N7O5S/c1-15-9-17(11-20(24-15)22(30)23-12-16-5-4-6-18(10-16)33-2)21-25-27-29(26-21)14-19-13-28(7-8-34-19)35(3,31)32/h4-6,9-11,19H,7-8,12-14H2,1-3H3,(H,23,30)/t19-/m0/s1. The van der Waals surface area contributed by atoms with Crippen molar-refractivity contribution in [1.29, 1.82) is 0 Å². The van der Waals surface area contributed by atoms with Crippen molar-refractivity contribution >= 4 is 15.9 Å². The highest BCUT2D eigenvalue weighted by Gasteiger charge is 2.27. The van der Waals surface area contributed by atoms with Gasteiger partial charge in [-0.15, -0.1) is 10.2 Å². The lowest BCUT2D eigenvalue weighted by Gasteiger charge is -2.30. The summed E-state index contributed by atoms with van der Waals surface area (Å²) >= 11 is 0. The van der Waals surface area contributed by atoms with Gasteiger partial charge in [0.2, 0.25) is 15.8 Å². The van der Waals surface area contributed by atoms with Gasteiger partial charge >= 0.3 is 0 Å². The minimum Gasteiger partial charge on any atom is -0.497 e. The molecular formula is C22H27N7O5S. The minimum atomic E-state index is -3.30. The lowest BCUT2D eigenvalue weighted by Crippen LogP contribution is -2.46. The number of carbonyl (C=O) groups excluding carboxylic acids is 1. The normalized spacial score (nSPS) is 16.7. The number of ether oxygens (including phenoxy) is 2. The number of benzene rings is 1. The van der Waals surface area contributed by atoms with Crippen molar-refractivity contribution in [2.45, 2.75) is 26.1 Å². The summed E-state index contributed by atoms with van der Waals surface area (Å²) < 4.78 is 35.9. The smallest absolute Gasteiger partial charge is 0.270 e. The second-order valence-corrected chi connectivity index (χ2v) is 10.2. The number of hydrogen-bond donors (Lipinski definition) is 1. The van der Waals surface area contributed by atoms with E-state index in [9.17, 15) is 13.2 Å². The fourth-order valence-corrected chi connectivity index (χ4v) is 4.53. The fraction of sp³-hybridized carbons (Fsp3) is 0.409. The molecule has 1 aromatic carbocycles. The van der Waals surface area contributed by atoms with E-state index in [1.165, 1.54) is 15.4 Å². The zero-order valence-corrected chi connectivity index (χ0v) is 20.5. The van der Waals surface area contributed by atoms with Crippen LogP contribution in [0, 0.1) is 6.92 Å². The van der Waals surface area contributed by atoms with Gasteiger partial charge in [-0.2, -0.15) is 9.10 Å². The summed E-state index contributed by atoms with van der Waals surface area (Å²) in [4.78, 5) is 18.5. The number of nitrogens with one attached hydrogen (secondary N) is 1. The van der Waals surface area contributed by atoms with Gasteiger partial charge in [0, 0.05) is 30.9 Å². The number of morpholine rings is 1. The van der Waals surface area contributed by atoms with Gasteiger partial charge < -0.3 is 14.8 Å². The molecule has 12 nitrogen and oxygen atoms in total. The van der Waals surface area contributed by atoms with Gasteiger partial charge in [-0.1, -0.05) is 12.1 Å². The number of aromatic nitrogens is 5. The van der Waals surface area contributed by atoms with Gasteiger partial charge in [0.1, 0.15) is 11.4 Å². The Hall–Kier alpha value is -3.42. The summed E-state index contributed by atoms with van der Waals surface area (Å²) in [5.41, 5.74) is 2.36. The number of carbonyl (C=O) groups is 1. The van der Waals surface area contributed by atoms with Crippen LogP contribution in [0.3, 0.4) is 0 Å². The second kappa shape index (κ2) is 10.5. The molecule has 1 saturated heterocycles. The van der Waals surface area contributed by atoms with Crippen molar-refractivity contribution < 1.29 is 22.7 Å². The molecular weight excluding hydrogens is 474 g/mol. The Balaban J connectivity index is 1.43. The number of rotatable bonds is 8. The first-order chi connectivity index (χ1) is 16.7. The molecule has 0 aliphatic carbocycles. The molecule has 0 radical (unpaired) electrons. The Kier molecular flexibility index (Phi) is 7.38. The van der Waals surface area contributed by atoms with Crippen molar-refractivity contribution in [2.24, 2.45) is 0 Å². The number of nitrogens with zero attached hydrogens (tertiary/aromatic N) is 6. The van der Waals surface area contributed by atoms with Crippen LogP contribution < -0.4 is 10.1 Å². The van der Waals surface area contributed by atoms with Crippen LogP contribution in [0.25, 0.3) is 11.4 Å². The SMILES string of the molecule is COc1cccc(CNC(=O)c2cc(-c3nnn(C[C@@H]4CN(S(C)(=O)=O)CCO4)n3)cc(C)n2)c1. The Morgan fingerprint density at radius 3 is 2.89 bits per heavy atom. The minimum absolute atomic E-state index is 0.224. The monoisotopic (exact) mass is 501 g/mol. The average Bonchev–Trinajstić information content (AvgIpc) is 3.30. The Morgan fingerprint density at radius 1 is 1.29 bits per heavy atom. The zero-order valence-electron chi connectivity index (χ0n) is 19.7. The summed E-state index contributed by atoms with van der Waals surface area (Å²) in [7, 11) is -1.71. The first-order valence-corrected chi connectivity index (χ1v) is 12.8. The lowest BCUT2D eigenvalue weighted by atomic mass is 10.1. The van der Waals surface area contributed by atoms with E-state index < -0.39 is 16.1 Å². The quantitative estimate of drug-likeness (QED) is 0.471. The van der Waals surface area contributed by atoms with E-state index >= 15 is 0 Å². The molecule has 1 N–H and O–H groups in total. The molecule has 1 atom stereocenters. The molecule has 3 aromatic rings. The molecule has 0 unspecified atom stereocenters. The van der Waals surface area contributed by atoms with Crippen LogP contribution in [0.5, 0.6) is 5.75 Å². The highest BCUT2D eigenvalue weighted by Crippen LogP contribution is 2.18. The van der Waals surface area contributed by atoms with Crippen molar-refractivity contribution in [3.05, 3.63) is 53.3 Å². The summed E-state index contributed by atoms with van der Waals surface area (Å²) in [5.74, 6) is 0.708. The molecule has 2 aromatic heterocycles. The van der Waals surface area contributed by atoms with Crippen molar-refractivity contribution in [3.8, 4) is 17.1 Å². The van der Waals surface area contributed by atoms with Crippen molar-refractivity contribution in [3.63, 3.8) is 0 Å². The number of aryl methyl sites for hydroxylation is 1. The predicted octanol–water partition coefficient (Wildman–Crippen LogP) is 0.643. The van der Waals surface area contributed by atoms with Crippen LogP contribution in [0.1, 0.15) is 21.7 Å². The zero-order chi connectivity index (χ0) is 25.0. The van der Waals surface area contributed by atoms with Gasteiger partial charge in [-0.3, -0.25) is 4.79 Å². The predicted molar refractivity (Wildman–Crippen MR) is 126 cm³/mol. The lowest BCUT2D eigenvalue weighted by molar-refractivity contribution is -0.0141. The van der Waals surface area contributed by atoms with Gasteiger partial charge in [-0.25, -0.2) is 13.4 Å². The maximum atomic E-state index is 12.8.